The predicted octanol–water partition coefficient (Wildman–Crippen LogP) is 2.38. The fourth-order valence-corrected chi connectivity index (χ4v) is 1.91. The van der Waals surface area contributed by atoms with Gasteiger partial charge in [-0.05, 0) is 18.1 Å². The molecule has 2 rings (SSSR count). The highest BCUT2D eigenvalue weighted by molar-refractivity contribution is 6.07. The van der Waals surface area contributed by atoms with E-state index < -0.39 is 0 Å². The monoisotopic (exact) mass is 274 g/mol. The van der Waals surface area contributed by atoms with Crippen molar-refractivity contribution >= 4 is 17.3 Å². The molecule has 2 aromatic rings. The Labute approximate surface area is 117 Å². The largest absolute Gasteiger partial charge is 0.495 e. The number of hydrogen-bond acceptors (Lipinski definition) is 4. The van der Waals surface area contributed by atoms with Crippen LogP contribution in [0, 0.1) is 0 Å². The van der Waals surface area contributed by atoms with Gasteiger partial charge in [0, 0.05) is 0 Å². The summed E-state index contributed by atoms with van der Waals surface area (Å²) in [4.78, 5) is 12.2. The number of hydrogen-bond donors (Lipinski definition) is 3. The van der Waals surface area contributed by atoms with E-state index in [-0.39, 0.29) is 17.5 Å². The normalized spacial score (nSPS) is 10.6. The van der Waals surface area contributed by atoms with Gasteiger partial charge < -0.3 is 15.8 Å². The van der Waals surface area contributed by atoms with Crippen molar-refractivity contribution in [1.82, 2.24) is 10.2 Å². The highest BCUT2D eigenvalue weighted by Gasteiger charge is 2.19. The molecular formula is C14H18N4O2. The van der Waals surface area contributed by atoms with Gasteiger partial charge in [0.1, 0.15) is 5.75 Å². The zero-order chi connectivity index (χ0) is 14.7. The molecule has 0 radical (unpaired) electrons. The van der Waals surface area contributed by atoms with Gasteiger partial charge in [0.25, 0.3) is 5.91 Å². The molecule has 4 N–H and O–H groups in total. The number of benzene rings is 1. The molecule has 6 nitrogen and oxygen atoms in total. The number of aromatic nitrogens is 2. The van der Waals surface area contributed by atoms with Crippen molar-refractivity contribution in [2.24, 2.45) is 0 Å². The molecule has 106 valence electrons. The molecule has 0 aliphatic heterocycles. The third-order valence-corrected chi connectivity index (χ3v) is 2.98. The molecule has 0 saturated heterocycles. The fraction of sp³-hybridized carbons (Fsp3) is 0.286. The first-order valence-electron chi connectivity index (χ1n) is 6.32. The molecule has 0 atom stereocenters. The van der Waals surface area contributed by atoms with Gasteiger partial charge in [0.05, 0.1) is 24.2 Å². The number of methoxy groups -OCH3 is 1. The Bertz CT molecular complexity index is 619. The Morgan fingerprint density at radius 3 is 2.70 bits per heavy atom. The standard InChI is InChI=1S/C14H18N4O2/c1-8(2)12-11(15)13(18-17-12)14(19)16-9-6-4-5-7-10(9)20-3/h4-8H,15H2,1-3H3,(H,16,19)(H,17,18). The van der Waals surface area contributed by atoms with Gasteiger partial charge in [0.15, 0.2) is 5.69 Å². The number of amides is 1. The SMILES string of the molecule is COc1ccccc1NC(=O)c1n[nH]c(C(C)C)c1N. The first-order valence-corrected chi connectivity index (χ1v) is 6.32. The molecule has 6 heteroatoms. The quantitative estimate of drug-likeness (QED) is 0.798. The third-order valence-electron chi connectivity index (χ3n) is 2.98. The van der Waals surface area contributed by atoms with Gasteiger partial charge in [0.2, 0.25) is 0 Å². The minimum Gasteiger partial charge on any atom is -0.495 e. The molecule has 1 amide bonds. The number of para-hydroxylation sites is 2. The van der Waals surface area contributed by atoms with Crippen LogP contribution in [0.3, 0.4) is 0 Å². The zero-order valence-corrected chi connectivity index (χ0v) is 11.7. The molecule has 0 aliphatic rings. The topological polar surface area (TPSA) is 93.0 Å². The second-order valence-electron chi connectivity index (χ2n) is 4.71. The first kappa shape index (κ1) is 13.9. The number of nitrogen functional groups attached to an aromatic ring is 1. The maximum atomic E-state index is 12.2. The van der Waals surface area contributed by atoms with Crippen LogP contribution in [0.15, 0.2) is 24.3 Å². The lowest BCUT2D eigenvalue weighted by Gasteiger charge is -2.09. The number of anilines is 2. The second-order valence-corrected chi connectivity index (χ2v) is 4.71. The van der Waals surface area contributed by atoms with Gasteiger partial charge in [-0.15, -0.1) is 0 Å². The summed E-state index contributed by atoms with van der Waals surface area (Å²) >= 11 is 0. The van der Waals surface area contributed by atoms with E-state index in [2.05, 4.69) is 15.5 Å². The van der Waals surface area contributed by atoms with Crippen molar-refractivity contribution in [3.63, 3.8) is 0 Å². The summed E-state index contributed by atoms with van der Waals surface area (Å²) in [5.41, 5.74) is 7.86. The minimum atomic E-state index is -0.366. The Morgan fingerprint density at radius 1 is 1.40 bits per heavy atom. The van der Waals surface area contributed by atoms with Crippen molar-refractivity contribution < 1.29 is 9.53 Å². The highest BCUT2D eigenvalue weighted by atomic mass is 16.5. The van der Waals surface area contributed by atoms with E-state index in [0.717, 1.165) is 5.69 Å². The number of aromatic amines is 1. The average molecular weight is 274 g/mol. The lowest BCUT2D eigenvalue weighted by molar-refractivity contribution is 0.102. The summed E-state index contributed by atoms with van der Waals surface area (Å²) < 4.78 is 5.18. The van der Waals surface area contributed by atoms with Crippen molar-refractivity contribution in [2.75, 3.05) is 18.2 Å². The van der Waals surface area contributed by atoms with Gasteiger partial charge in [-0.2, -0.15) is 5.10 Å². The highest BCUT2D eigenvalue weighted by Crippen LogP contribution is 2.26. The molecule has 0 fully saturated rings. The van der Waals surface area contributed by atoms with Crippen LogP contribution in [0.4, 0.5) is 11.4 Å². The van der Waals surface area contributed by atoms with Crippen LogP contribution < -0.4 is 15.8 Å². The summed E-state index contributed by atoms with van der Waals surface area (Å²) in [6, 6.07) is 7.16. The summed E-state index contributed by atoms with van der Waals surface area (Å²) in [5, 5.41) is 9.53. The number of H-pyrrole nitrogens is 1. The molecule has 0 aliphatic carbocycles. The van der Waals surface area contributed by atoms with Crippen LogP contribution in [0.5, 0.6) is 5.75 Å². The van der Waals surface area contributed by atoms with Crippen LogP contribution in [-0.4, -0.2) is 23.2 Å². The van der Waals surface area contributed by atoms with Crippen LogP contribution >= 0.6 is 0 Å². The van der Waals surface area contributed by atoms with Crippen LogP contribution in [0.1, 0.15) is 35.9 Å². The lowest BCUT2D eigenvalue weighted by atomic mass is 10.1. The lowest BCUT2D eigenvalue weighted by Crippen LogP contribution is -2.15. The average Bonchev–Trinajstić information content (AvgIpc) is 2.81. The molecule has 0 unspecified atom stereocenters. The van der Waals surface area contributed by atoms with Crippen LogP contribution in [0.2, 0.25) is 0 Å². The van der Waals surface area contributed by atoms with E-state index in [0.29, 0.717) is 17.1 Å². The van der Waals surface area contributed by atoms with E-state index in [1.165, 1.54) is 0 Å². The predicted molar refractivity (Wildman–Crippen MR) is 78.0 cm³/mol. The first-order chi connectivity index (χ1) is 9.54. The molecule has 1 aromatic carbocycles. The van der Waals surface area contributed by atoms with Gasteiger partial charge in [-0.25, -0.2) is 0 Å². The third kappa shape index (κ3) is 2.59. The number of nitrogens with two attached hydrogens (primary N) is 1. The van der Waals surface area contributed by atoms with Crippen molar-refractivity contribution in [3.05, 3.63) is 35.7 Å². The van der Waals surface area contributed by atoms with E-state index >= 15 is 0 Å². The van der Waals surface area contributed by atoms with E-state index in [1.54, 1.807) is 19.2 Å². The number of nitrogens with one attached hydrogen (secondary N) is 2. The number of carbonyl (C=O) groups is 1. The number of nitrogens with zero attached hydrogens (tertiary/aromatic N) is 1. The van der Waals surface area contributed by atoms with E-state index in [1.807, 2.05) is 26.0 Å². The maximum Gasteiger partial charge on any atom is 0.278 e. The Morgan fingerprint density at radius 2 is 2.10 bits per heavy atom. The minimum absolute atomic E-state index is 0.176. The molecule has 1 heterocycles. The Kier molecular flexibility index (Phi) is 3.93. The second kappa shape index (κ2) is 5.64. The number of ether oxygens (including phenoxy) is 1. The van der Waals surface area contributed by atoms with Crippen molar-refractivity contribution in [1.29, 1.82) is 0 Å². The van der Waals surface area contributed by atoms with Gasteiger partial charge in [-0.1, -0.05) is 26.0 Å². The van der Waals surface area contributed by atoms with E-state index in [9.17, 15) is 4.79 Å². The molecule has 0 spiro atoms. The van der Waals surface area contributed by atoms with Gasteiger partial charge in [-0.3, -0.25) is 9.89 Å². The Balaban J connectivity index is 2.24. The van der Waals surface area contributed by atoms with Crippen LogP contribution in [-0.2, 0) is 0 Å². The maximum absolute atomic E-state index is 12.2. The van der Waals surface area contributed by atoms with E-state index in [4.69, 9.17) is 10.5 Å². The van der Waals surface area contributed by atoms with Crippen molar-refractivity contribution in [3.8, 4) is 5.75 Å². The Hall–Kier alpha value is -2.50. The summed E-state index contributed by atoms with van der Waals surface area (Å²) in [7, 11) is 1.55. The molecule has 20 heavy (non-hydrogen) atoms. The molecule has 1 aromatic heterocycles. The fourth-order valence-electron chi connectivity index (χ4n) is 1.91. The van der Waals surface area contributed by atoms with Crippen LogP contribution in [0.25, 0.3) is 0 Å². The molecule has 0 bridgehead atoms. The summed E-state index contributed by atoms with van der Waals surface area (Å²) in [5.74, 6) is 0.393. The number of carbonyl (C=O) groups excluding carboxylic acids is 1. The smallest absolute Gasteiger partial charge is 0.278 e. The van der Waals surface area contributed by atoms with Gasteiger partial charge >= 0.3 is 0 Å². The zero-order valence-electron chi connectivity index (χ0n) is 11.7. The molecular weight excluding hydrogens is 256 g/mol. The summed E-state index contributed by atoms with van der Waals surface area (Å²) in [6.45, 7) is 3.96. The summed E-state index contributed by atoms with van der Waals surface area (Å²) in [6.07, 6.45) is 0. The molecule has 0 saturated carbocycles. The number of rotatable bonds is 4. The van der Waals surface area contributed by atoms with Crippen molar-refractivity contribution in [2.45, 2.75) is 19.8 Å².